The van der Waals surface area contributed by atoms with Gasteiger partial charge in [-0.1, -0.05) is 18.6 Å². The van der Waals surface area contributed by atoms with Crippen molar-refractivity contribution in [3.63, 3.8) is 0 Å². The average molecular weight is 224 g/mol. The van der Waals surface area contributed by atoms with Crippen molar-refractivity contribution in [2.75, 3.05) is 6.61 Å². The summed E-state index contributed by atoms with van der Waals surface area (Å²) in [6.07, 6.45) is 0.0109. The fourth-order valence-corrected chi connectivity index (χ4v) is 1.24. The van der Waals surface area contributed by atoms with Crippen molar-refractivity contribution in [1.82, 2.24) is 0 Å². The van der Waals surface area contributed by atoms with E-state index in [1.54, 1.807) is 18.2 Å². The Bertz CT molecular complexity index is 373. The van der Waals surface area contributed by atoms with E-state index < -0.39 is 12.1 Å². The van der Waals surface area contributed by atoms with Crippen molar-refractivity contribution in [3.8, 4) is 5.75 Å². The molecule has 0 bridgehead atoms. The normalized spacial score (nSPS) is 12.2. The number of aromatic carboxylic acids is 1. The zero-order valence-electron chi connectivity index (χ0n) is 9.43. The van der Waals surface area contributed by atoms with Gasteiger partial charge < -0.3 is 14.9 Å². The Hall–Kier alpha value is -1.55. The molecule has 1 aromatic carbocycles. The fraction of sp³-hybridized carbons (Fsp3) is 0.417. The summed E-state index contributed by atoms with van der Waals surface area (Å²) in [6, 6.07) is 4.94. The van der Waals surface area contributed by atoms with Crippen LogP contribution >= 0.6 is 0 Å². The van der Waals surface area contributed by atoms with E-state index in [0.717, 1.165) is 5.56 Å². The molecular weight excluding hydrogens is 208 g/mol. The first-order chi connectivity index (χ1) is 7.54. The van der Waals surface area contributed by atoms with Crippen molar-refractivity contribution in [3.05, 3.63) is 29.3 Å². The molecule has 0 saturated carbocycles. The number of hydrogen-bond donors (Lipinski definition) is 2. The summed E-state index contributed by atoms with van der Waals surface area (Å²) in [5.41, 5.74) is 0.990. The molecule has 1 unspecified atom stereocenters. The highest BCUT2D eigenvalue weighted by molar-refractivity contribution is 5.91. The highest BCUT2D eigenvalue weighted by Crippen LogP contribution is 2.20. The van der Waals surface area contributed by atoms with Crippen LogP contribution in [0.1, 0.15) is 29.3 Å². The van der Waals surface area contributed by atoms with Crippen molar-refractivity contribution < 1.29 is 19.7 Å². The standard InChI is InChI=1S/C12H16O4/c1-3-9(13)7-16-11-5-4-8(2)6-10(11)12(14)15/h4-6,9,13H,3,7H2,1-2H3,(H,14,15). The van der Waals surface area contributed by atoms with E-state index in [4.69, 9.17) is 9.84 Å². The summed E-state index contributed by atoms with van der Waals surface area (Å²) in [5.74, 6) is -0.727. The van der Waals surface area contributed by atoms with Crippen molar-refractivity contribution in [2.45, 2.75) is 26.4 Å². The third-order valence-corrected chi connectivity index (χ3v) is 2.27. The molecule has 0 aromatic heterocycles. The van der Waals surface area contributed by atoms with E-state index >= 15 is 0 Å². The van der Waals surface area contributed by atoms with Crippen LogP contribution in [-0.4, -0.2) is 28.9 Å². The second-order valence-corrected chi connectivity index (χ2v) is 3.68. The van der Waals surface area contributed by atoms with Crippen molar-refractivity contribution in [1.29, 1.82) is 0 Å². The van der Waals surface area contributed by atoms with Gasteiger partial charge in [-0.05, 0) is 25.5 Å². The van der Waals surface area contributed by atoms with E-state index in [9.17, 15) is 9.90 Å². The predicted octanol–water partition coefficient (Wildman–Crippen LogP) is 1.84. The lowest BCUT2D eigenvalue weighted by atomic mass is 10.1. The molecule has 2 N–H and O–H groups in total. The van der Waals surface area contributed by atoms with Gasteiger partial charge in [-0.25, -0.2) is 4.79 Å². The van der Waals surface area contributed by atoms with Crippen molar-refractivity contribution in [2.24, 2.45) is 0 Å². The van der Waals surface area contributed by atoms with Gasteiger partial charge in [0.2, 0.25) is 0 Å². The third-order valence-electron chi connectivity index (χ3n) is 2.27. The maximum atomic E-state index is 10.9. The van der Waals surface area contributed by atoms with Crippen LogP contribution in [0.3, 0.4) is 0 Å². The first-order valence-corrected chi connectivity index (χ1v) is 5.19. The topological polar surface area (TPSA) is 66.8 Å². The lowest BCUT2D eigenvalue weighted by Crippen LogP contribution is -2.17. The van der Waals surface area contributed by atoms with Crippen LogP contribution in [0.4, 0.5) is 0 Å². The molecule has 0 aliphatic carbocycles. The van der Waals surface area contributed by atoms with Gasteiger partial charge >= 0.3 is 5.97 Å². The Morgan fingerprint density at radius 3 is 2.75 bits per heavy atom. The van der Waals surface area contributed by atoms with Crippen LogP contribution in [0.15, 0.2) is 18.2 Å². The molecule has 1 aromatic rings. The SMILES string of the molecule is CCC(O)COc1ccc(C)cc1C(=O)O. The summed E-state index contributed by atoms with van der Waals surface area (Å²) in [4.78, 5) is 10.9. The Kier molecular flexibility index (Phi) is 4.31. The zero-order chi connectivity index (χ0) is 12.1. The highest BCUT2D eigenvalue weighted by Gasteiger charge is 2.12. The summed E-state index contributed by atoms with van der Waals surface area (Å²) < 4.78 is 5.28. The Morgan fingerprint density at radius 1 is 1.50 bits per heavy atom. The van der Waals surface area contributed by atoms with Gasteiger partial charge in [0.15, 0.2) is 0 Å². The molecule has 0 heterocycles. The summed E-state index contributed by atoms with van der Waals surface area (Å²) in [6.45, 7) is 3.76. The van der Waals surface area contributed by atoms with Gasteiger partial charge in [0, 0.05) is 0 Å². The van der Waals surface area contributed by atoms with Gasteiger partial charge in [-0.2, -0.15) is 0 Å². The molecule has 1 atom stereocenters. The highest BCUT2D eigenvalue weighted by atomic mass is 16.5. The third kappa shape index (κ3) is 3.24. The first kappa shape index (κ1) is 12.5. The largest absolute Gasteiger partial charge is 0.490 e. The van der Waals surface area contributed by atoms with Crippen molar-refractivity contribution >= 4 is 5.97 Å². The molecule has 0 fully saturated rings. The molecule has 0 saturated heterocycles. The van der Waals surface area contributed by atoms with Gasteiger partial charge in [0.25, 0.3) is 0 Å². The van der Waals surface area contributed by atoms with Crippen LogP contribution in [0, 0.1) is 6.92 Å². The van der Waals surface area contributed by atoms with Crippen LogP contribution in [0.25, 0.3) is 0 Å². The van der Waals surface area contributed by atoms with Crippen LogP contribution in [-0.2, 0) is 0 Å². The van der Waals surface area contributed by atoms with E-state index in [2.05, 4.69) is 0 Å². The minimum Gasteiger partial charge on any atom is -0.490 e. The number of aryl methyl sites for hydroxylation is 1. The molecular formula is C12H16O4. The van der Waals surface area contributed by atoms with Gasteiger partial charge in [0.1, 0.15) is 17.9 Å². The number of carbonyl (C=O) groups is 1. The molecule has 4 heteroatoms. The zero-order valence-corrected chi connectivity index (χ0v) is 9.43. The molecule has 4 nitrogen and oxygen atoms in total. The molecule has 16 heavy (non-hydrogen) atoms. The van der Waals surface area contributed by atoms with E-state index in [0.29, 0.717) is 12.2 Å². The maximum absolute atomic E-state index is 10.9. The smallest absolute Gasteiger partial charge is 0.339 e. The summed E-state index contributed by atoms with van der Waals surface area (Å²) >= 11 is 0. The number of carboxylic acid groups (broad SMARTS) is 1. The van der Waals surface area contributed by atoms with Gasteiger partial charge in [0.05, 0.1) is 6.10 Å². The molecule has 0 amide bonds. The minimum absolute atomic E-state index is 0.111. The first-order valence-electron chi connectivity index (χ1n) is 5.19. The molecule has 1 rings (SSSR count). The number of hydrogen-bond acceptors (Lipinski definition) is 3. The second-order valence-electron chi connectivity index (χ2n) is 3.68. The van der Waals surface area contributed by atoms with E-state index in [-0.39, 0.29) is 12.2 Å². The summed E-state index contributed by atoms with van der Waals surface area (Å²) in [7, 11) is 0. The number of benzene rings is 1. The number of rotatable bonds is 5. The van der Waals surface area contributed by atoms with Gasteiger partial charge in [-0.15, -0.1) is 0 Å². The van der Waals surface area contributed by atoms with E-state index in [1.807, 2.05) is 13.8 Å². The lowest BCUT2D eigenvalue weighted by Gasteiger charge is -2.12. The second kappa shape index (κ2) is 5.51. The quantitative estimate of drug-likeness (QED) is 0.800. The Labute approximate surface area is 94.5 Å². The van der Waals surface area contributed by atoms with E-state index in [1.165, 1.54) is 0 Å². The average Bonchev–Trinajstić information content (AvgIpc) is 2.26. The lowest BCUT2D eigenvalue weighted by molar-refractivity contribution is 0.0682. The molecule has 0 aliphatic rings. The molecule has 0 spiro atoms. The Morgan fingerprint density at radius 2 is 2.19 bits per heavy atom. The van der Waals surface area contributed by atoms with Crippen LogP contribution in [0.5, 0.6) is 5.75 Å². The van der Waals surface area contributed by atoms with Crippen LogP contribution < -0.4 is 4.74 Å². The number of aliphatic hydroxyl groups excluding tert-OH is 1. The maximum Gasteiger partial charge on any atom is 0.339 e. The fourth-order valence-electron chi connectivity index (χ4n) is 1.24. The van der Waals surface area contributed by atoms with Crippen LogP contribution in [0.2, 0.25) is 0 Å². The Balaban J connectivity index is 2.82. The number of carboxylic acids is 1. The minimum atomic E-state index is -1.02. The molecule has 0 aliphatic heterocycles. The number of ether oxygens (including phenoxy) is 1. The van der Waals surface area contributed by atoms with Gasteiger partial charge in [-0.3, -0.25) is 0 Å². The monoisotopic (exact) mass is 224 g/mol. The number of aliphatic hydroxyl groups is 1. The summed E-state index contributed by atoms with van der Waals surface area (Å²) in [5, 5.41) is 18.3. The predicted molar refractivity (Wildman–Crippen MR) is 59.9 cm³/mol. The molecule has 88 valence electrons. The molecule has 0 radical (unpaired) electrons.